The Kier molecular flexibility index (Phi) is 6.02. The second-order valence-electron chi connectivity index (χ2n) is 7.29. The molecule has 1 aromatic rings. The van der Waals surface area contributed by atoms with Crippen LogP contribution in [-0.2, 0) is 11.2 Å². The van der Waals surface area contributed by atoms with Gasteiger partial charge in [0.05, 0.1) is 12.1 Å². The van der Waals surface area contributed by atoms with E-state index >= 15 is 0 Å². The largest absolute Gasteiger partial charge is 0.495 e. The molecule has 1 aliphatic heterocycles. The molecule has 1 heterocycles. The van der Waals surface area contributed by atoms with Crippen molar-refractivity contribution in [2.24, 2.45) is 0 Å². The van der Waals surface area contributed by atoms with Gasteiger partial charge < -0.3 is 14.4 Å². The Bertz CT molecular complexity index is 562. The number of hydrogen-bond donors (Lipinski definition) is 0. The highest BCUT2D eigenvalue weighted by Crippen LogP contribution is 2.36. The van der Waals surface area contributed by atoms with E-state index in [0.29, 0.717) is 24.0 Å². The van der Waals surface area contributed by atoms with Gasteiger partial charge in [-0.3, -0.25) is 0 Å². The van der Waals surface area contributed by atoms with Crippen LogP contribution in [0.25, 0.3) is 0 Å². The van der Waals surface area contributed by atoms with Crippen LogP contribution in [0, 0.1) is 0 Å². The number of halogens is 1. The van der Waals surface area contributed by atoms with Gasteiger partial charge in [-0.2, -0.15) is 0 Å². The summed E-state index contributed by atoms with van der Waals surface area (Å²) in [7, 11) is 1.65. The van der Waals surface area contributed by atoms with Crippen molar-refractivity contribution >= 4 is 17.7 Å². The number of ether oxygens (including phenoxy) is 2. The standard InChI is InChI=1S/C19H28ClNO3/c1-6-13-11-15(12-16(23-5)17(13)20)14-7-9-21(10-8-14)18(22)24-19(2,3)4/h11-12,14H,6-10H2,1-5H3. The van der Waals surface area contributed by atoms with Crippen LogP contribution in [0.4, 0.5) is 4.79 Å². The zero-order valence-corrected chi connectivity index (χ0v) is 16.1. The lowest BCUT2D eigenvalue weighted by Crippen LogP contribution is -2.41. The lowest BCUT2D eigenvalue weighted by Gasteiger charge is -2.34. The lowest BCUT2D eigenvalue weighted by molar-refractivity contribution is 0.0205. The Morgan fingerprint density at radius 1 is 1.29 bits per heavy atom. The van der Waals surface area contributed by atoms with E-state index in [9.17, 15) is 4.79 Å². The molecule has 0 radical (unpaired) electrons. The smallest absolute Gasteiger partial charge is 0.410 e. The number of rotatable bonds is 3. The molecule has 1 aromatic carbocycles. The van der Waals surface area contributed by atoms with Crippen LogP contribution in [0.3, 0.4) is 0 Å². The van der Waals surface area contributed by atoms with Crippen LogP contribution in [0.15, 0.2) is 12.1 Å². The summed E-state index contributed by atoms with van der Waals surface area (Å²) in [5, 5.41) is 0.704. The highest BCUT2D eigenvalue weighted by Gasteiger charge is 2.28. The quantitative estimate of drug-likeness (QED) is 0.765. The summed E-state index contributed by atoms with van der Waals surface area (Å²) < 4.78 is 10.9. The van der Waals surface area contributed by atoms with Crippen LogP contribution >= 0.6 is 11.6 Å². The van der Waals surface area contributed by atoms with Gasteiger partial charge in [-0.05, 0) is 63.1 Å². The second kappa shape index (κ2) is 7.64. The van der Waals surface area contributed by atoms with Gasteiger partial charge in [0.25, 0.3) is 0 Å². The number of carbonyl (C=O) groups excluding carboxylic acids is 1. The number of piperidine rings is 1. The summed E-state index contributed by atoms with van der Waals surface area (Å²) >= 11 is 6.35. The van der Waals surface area contributed by atoms with Gasteiger partial charge in [0.15, 0.2) is 0 Å². The minimum atomic E-state index is -0.451. The van der Waals surface area contributed by atoms with E-state index in [2.05, 4.69) is 13.0 Å². The van der Waals surface area contributed by atoms with Crippen LogP contribution < -0.4 is 4.74 Å². The highest BCUT2D eigenvalue weighted by atomic mass is 35.5. The third-order valence-corrected chi connectivity index (χ3v) is 4.78. The van der Waals surface area contributed by atoms with E-state index in [4.69, 9.17) is 21.1 Å². The van der Waals surface area contributed by atoms with Crippen molar-refractivity contribution in [3.63, 3.8) is 0 Å². The van der Waals surface area contributed by atoms with Gasteiger partial charge in [-0.25, -0.2) is 4.79 Å². The topological polar surface area (TPSA) is 38.8 Å². The molecule has 4 nitrogen and oxygen atoms in total. The Hall–Kier alpha value is -1.42. The van der Waals surface area contributed by atoms with E-state index < -0.39 is 5.60 Å². The van der Waals surface area contributed by atoms with Crippen molar-refractivity contribution < 1.29 is 14.3 Å². The molecule has 0 spiro atoms. The summed E-state index contributed by atoms with van der Waals surface area (Å²) in [4.78, 5) is 14.0. The first-order chi connectivity index (χ1) is 11.2. The van der Waals surface area contributed by atoms with Crippen LogP contribution in [-0.4, -0.2) is 36.8 Å². The molecule has 0 aromatic heterocycles. The zero-order chi connectivity index (χ0) is 17.9. The summed E-state index contributed by atoms with van der Waals surface area (Å²) in [6.07, 6.45) is 2.50. The summed E-state index contributed by atoms with van der Waals surface area (Å²) in [5.74, 6) is 1.15. The first kappa shape index (κ1) is 18.9. The van der Waals surface area contributed by atoms with Crippen molar-refractivity contribution in [3.05, 3.63) is 28.3 Å². The molecule has 0 unspecified atom stereocenters. The predicted molar refractivity (Wildman–Crippen MR) is 97.2 cm³/mol. The normalized spacial score (nSPS) is 16.2. The molecular weight excluding hydrogens is 326 g/mol. The molecule has 1 aliphatic rings. The summed E-state index contributed by atoms with van der Waals surface area (Å²) in [5.41, 5.74) is 1.91. The number of nitrogens with zero attached hydrogens (tertiary/aromatic N) is 1. The highest BCUT2D eigenvalue weighted by molar-refractivity contribution is 6.32. The van der Waals surface area contributed by atoms with E-state index in [1.165, 1.54) is 5.56 Å². The fourth-order valence-electron chi connectivity index (χ4n) is 3.04. The van der Waals surface area contributed by atoms with Crippen molar-refractivity contribution in [1.82, 2.24) is 4.90 Å². The maximum atomic E-state index is 12.2. The van der Waals surface area contributed by atoms with Gasteiger partial charge in [0, 0.05) is 13.1 Å². The fraction of sp³-hybridized carbons (Fsp3) is 0.632. The zero-order valence-electron chi connectivity index (χ0n) is 15.3. The van der Waals surface area contributed by atoms with E-state index in [1.807, 2.05) is 26.8 Å². The predicted octanol–water partition coefficient (Wildman–Crippen LogP) is 5.03. The average Bonchev–Trinajstić information content (AvgIpc) is 2.53. The van der Waals surface area contributed by atoms with Crippen molar-refractivity contribution in [1.29, 1.82) is 0 Å². The maximum Gasteiger partial charge on any atom is 0.410 e. The number of hydrogen-bond acceptors (Lipinski definition) is 3. The number of aryl methyl sites for hydroxylation is 1. The minimum absolute atomic E-state index is 0.219. The Morgan fingerprint density at radius 3 is 2.42 bits per heavy atom. The van der Waals surface area contributed by atoms with Gasteiger partial charge in [0.2, 0.25) is 0 Å². The number of benzene rings is 1. The van der Waals surface area contributed by atoms with Gasteiger partial charge in [-0.1, -0.05) is 24.6 Å². The van der Waals surface area contributed by atoms with Gasteiger partial charge in [-0.15, -0.1) is 0 Å². The Labute approximate surface area is 150 Å². The van der Waals surface area contributed by atoms with E-state index in [-0.39, 0.29) is 6.09 Å². The van der Waals surface area contributed by atoms with Crippen molar-refractivity contribution in [2.45, 2.75) is 58.5 Å². The molecule has 0 bridgehead atoms. The molecule has 134 valence electrons. The van der Waals surface area contributed by atoms with Gasteiger partial charge >= 0.3 is 6.09 Å². The van der Waals surface area contributed by atoms with Crippen molar-refractivity contribution in [3.8, 4) is 5.75 Å². The molecular formula is C19H28ClNO3. The molecule has 1 saturated heterocycles. The molecule has 1 amide bonds. The molecule has 0 N–H and O–H groups in total. The maximum absolute atomic E-state index is 12.2. The number of amides is 1. The summed E-state index contributed by atoms with van der Waals surface area (Å²) in [6, 6.07) is 4.22. The monoisotopic (exact) mass is 353 g/mol. The van der Waals surface area contributed by atoms with Crippen molar-refractivity contribution in [2.75, 3.05) is 20.2 Å². The molecule has 1 fully saturated rings. The van der Waals surface area contributed by atoms with Crippen LogP contribution in [0.2, 0.25) is 5.02 Å². The Morgan fingerprint density at radius 2 is 1.92 bits per heavy atom. The number of carbonyl (C=O) groups is 1. The molecule has 2 rings (SSSR count). The van der Waals surface area contributed by atoms with E-state index in [0.717, 1.165) is 30.6 Å². The second-order valence-corrected chi connectivity index (χ2v) is 7.67. The lowest BCUT2D eigenvalue weighted by atomic mass is 9.88. The molecule has 0 atom stereocenters. The molecule has 0 saturated carbocycles. The van der Waals surface area contributed by atoms with E-state index in [1.54, 1.807) is 12.0 Å². The Balaban J connectivity index is 2.06. The molecule has 24 heavy (non-hydrogen) atoms. The number of likely N-dealkylation sites (tertiary alicyclic amines) is 1. The fourth-order valence-corrected chi connectivity index (χ4v) is 3.36. The minimum Gasteiger partial charge on any atom is -0.495 e. The number of methoxy groups -OCH3 is 1. The van der Waals surface area contributed by atoms with Crippen LogP contribution in [0.5, 0.6) is 5.75 Å². The molecule has 0 aliphatic carbocycles. The molecule has 5 heteroatoms. The third-order valence-electron chi connectivity index (χ3n) is 4.36. The SMILES string of the molecule is CCc1cc(C2CCN(C(=O)OC(C)(C)C)CC2)cc(OC)c1Cl. The first-order valence-corrected chi connectivity index (χ1v) is 8.97. The summed E-state index contributed by atoms with van der Waals surface area (Å²) in [6.45, 7) is 9.20. The van der Waals surface area contributed by atoms with Gasteiger partial charge in [0.1, 0.15) is 11.4 Å². The third kappa shape index (κ3) is 4.56. The first-order valence-electron chi connectivity index (χ1n) is 8.59. The van der Waals surface area contributed by atoms with Crippen LogP contribution in [0.1, 0.15) is 57.6 Å². The average molecular weight is 354 g/mol.